The van der Waals surface area contributed by atoms with Crippen molar-refractivity contribution in [2.24, 2.45) is 5.92 Å². The van der Waals surface area contributed by atoms with Crippen molar-refractivity contribution >= 4 is 10.2 Å². The van der Waals surface area contributed by atoms with Crippen molar-refractivity contribution in [2.45, 2.75) is 45.6 Å². The first-order valence-electron chi connectivity index (χ1n) is 6.47. The molecule has 1 unspecified atom stereocenters. The van der Waals surface area contributed by atoms with Gasteiger partial charge in [-0.05, 0) is 31.7 Å². The summed E-state index contributed by atoms with van der Waals surface area (Å²) in [5.74, 6) is 0.326. The molecule has 0 spiro atoms. The second kappa shape index (κ2) is 7.31. The lowest BCUT2D eigenvalue weighted by Crippen LogP contribution is -2.41. The Morgan fingerprint density at radius 1 is 1.29 bits per heavy atom. The SMILES string of the molecule is CC(C)CNS(=O)(=O)NCCC1CCCCN1. The largest absolute Gasteiger partial charge is 0.314 e. The molecule has 0 aromatic heterocycles. The Balaban J connectivity index is 2.15. The summed E-state index contributed by atoms with van der Waals surface area (Å²) in [6, 6.07) is 0.469. The predicted octanol–water partition coefficient (Wildman–Crippen LogP) is 0.599. The molecule has 1 aliphatic heterocycles. The van der Waals surface area contributed by atoms with E-state index < -0.39 is 10.2 Å². The third-order valence-electron chi connectivity index (χ3n) is 2.88. The highest BCUT2D eigenvalue weighted by molar-refractivity contribution is 7.87. The molecule has 0 radical (unpaired) electrons. The zero-order valence-electron chi connectivity index (χ0n) is 10.8. The van der Waals surface area contributed by atoms with Crippen molar-refractivity contribution in [1.29, 1.82) is 0 Å². The first kappa shape index (κ1) is 14.9. The van der Waals surface area contributed by atoms with Crippen molar-refractivity contribution in [2.75, 3.05) is 19.6 Å². The normalized spacial score (nSPS) is 21.9. The van der Waals surface area contributed by atoms with Crippen molar-refractivity contribution in [3.8, 4) is 0 Å². The monoisotopic (exact) mass is 263 g/mol. The molecule has 1 heterocycles. The maximum atomic E-state index is 11.5. The third kappa shape index (κ3) is 6.98. The van der Waals surface area contributed by atoms with Gasteiger partial charge in [-0.3, -0.25) is 0 Å². The van der Waals surface area contributed by atoms with Gasteiger partial charge in [0.25, 0.3) is 10.2 Å². The van der Waals surface area contributed by atoms with Crippen LogP contribution in [0.15, 0.2) is 0 Å². The van der Waals surface area contributed by atoms with Gasteiger partial charge >= 0.3 is 0 Å². The van der Waals surface area contributed by atoms with E-state index in [0.717, 1.165) is 19.4 Å². The van der Waals surface area contributed by atoms with Gasteiger partial charge in [0, 0.05) is 19.1 Å². The Kier molecular flexibility index (Phi) is 6.40. The highest BCUT2D eigenvalue weighted by atomic mass is 32.2. The minimum Gasteiger partial charge on any atom is -0.314 e. The summed E-state index contributed by atoms with van der Waals surface area (Å²) < 4.78 is 28.2. The molecule has 102 valence electrons. The van der Waals surface area contributed by atoms with Crippen LogP contribution in [0.25, 0.3) is 0 Å². The first-order valence-corrected chi connectivity index (χ1v) is 7.95. The highest BCUT2D eigenvalue weighted by Crippen LogP contribution is 2.09. The number of piperidine rings is 1. The molecule has 3 N–H and O–H groups in total. The van der Waals surface area contributed by atoms with E-state index in [2.05, 4.69) is 14.8 Å². The first-order chi connectivity index (χ1) is 7.99. The van der Waals surface area contributed by atoms with E-state index in [1.165, 1.54) is 12.8 Å². The summed E-state index contributed by atoms with van der Waals surface area (Å²) in [4.78, 5) is 0. The van der Waals surface area contributed by atoms with E-state index in [-0.39, 0.29) is 0 Å². The molecule has 1 atom stereocenters. The van der Waals surface area contributed by atoms with Crippen LogP contribution in [-0.2, 0) is 10.2 Å². The molecule has 0 saturated carbocycles. The summed E-state index contributed by atoms with van der Waals surface area (Å²) in [5.41, 5.74) is 0. The van der Waals surface area contributed by atoms with Crippen LogP contribution in [0.1, 0.15) is 39.5 Å². The van der Waals surface area contributed by atoms with Gasteiger partial charge < -0.3 is 5.32 Å². The molecule has 0 aromatic rings. The molecule has 0 aliphatic carbocycles. The summed E-state index contributed by atoms with van der Waals surface area (Å²) in [6.07, 6.45) is 4.50. The highest BCUT2D eigenvalue weighted by Gasteiger charge is 2.14. The third-order valence-corrected chi connectivity index (χ3v) is 4.01. The average molecular weight is 263 g/mol. The minimum absolute atomic E-state index is 0.326. The molecule has 0 aromatic carbocycles. The molecule has 0 bridgehead atoms. The fraction of sp³-hybridized carbons (Fsp3) is 1.00. The van der Waals surface area contributed by atoms with E-state index in [1.54, 1.807) is 0 Å². The molecule has 1 fully saturated rings. The lowest BCUT2D eigenvalue weighted by atomic mass is 10.0. The minimum atomic E-state index is -3.31. The Morgan fingerprint density at radius 3 is 2.65 bits per heavy atom. The molecular weight excluding hydrogens is 238 g/mol. The van der Waals surface area contributed by atoms with Gasteiger partial charge in [0.2, 0.25) is 0 Å². The Hall–Kier alpha value is -0.170. The fourth-order valence-corrected chi connectivity index (χ4v) is 2.91. The van der Waals surface area contributed by atoms with E-state index in [4.69, 9.17) is 0 Å². The van der Waals surface area contributed by atoms with E-state index in [0.29, 0.717) is 25.0 Å². The van der Waals surface area contributed by atoms with Crippen LogP contribution in [-0.4, -0.2) is 34.1 Å². The maximum Gasteiger partial charge on any atom is 0.276 e. The predicted molar refractivity (Wildman–Crippen MR) is 70.0 cm³/mol. The molecule has 1 rings (SSSR count). The number of nitrogens with one attached hydrogen (secondary N) is 3. The van der Waals surface area contributed by atoms with Gasteiger partial charge in [0.15, 0.2) is 0 Å². The van der Waals surface area contributed by atoms with Crippen molar-refractivity contribution in [1.82, 2.24) is 14.8 Å². The summed E-state index contributed by atoms with van der Waals surface area (Å²) >= 11 is 0. The number of hydrogen-bond acceptors (Lipinski definition) is 3. The second-order valence-electron chi connectivity index (χ2n) is 5.08. The van der Waals surface area contributed by atoms with E-state index in [9.17, 15) is 8.42 Å². The zero-order chi connectivity index (χ0) is 12.7. The lowest BCUT2D eigenvalue weighted by molar-refractivity contribution is 0.382. The summed E-state index contributed by atoms with van der Waals surface area (Å²) in [6.45, 7) is 6.01. The molecule has 1 aliphatic rings. The molecule has 17 heavy (non-hydrogen) atoms. The van der Waals surface area contributed by atoms with E-state index >= 15 is 0 Å². The topological polar surface area (TPSA) is 70.2 Å². The van der Waals surface area contributed by atoms with Crippen LogP contribution in [0, 0.1) is 5.92 Å². The van der Waals surface area contributed by atoms with Crippen LogP contribution < -0.4 is 14.8 Å². The van der Waals surface area contributed by atoms with Gasteiger partial charge in [0.1, 0.15) is 0 Å². The average Bonchev–Trinajstić information content (AvgIpc) is 2.28. The standard InChI is InChI=1S/C11H25N3O2S/c1-10(2)9-14-17(15,16)13-8-6-11-5-3-4-7-12-11/h10-14H,3-9H2,1-2H3. The molecular formula is C11H25N3O2S. The number of rotatable bonds is 7. The number of hydrogen-bond donors (Lipinski definition) is 3. The van der Waals surface area contributed by atoms with Crippen LogP contribution >= 0.6 is 0 Å². The van der Waals surface area contributed by atoms with Crippen LogP contribution in [0.4, 0.5) is 0 Å². The van der Waals surface area contributed by atoms with Crippen LogP contribution in [0.2, 0.25) is 0 Å². The fourth-order valence-electron chi connectivity index (χ4n) is 1.87. The van der Waals surface area contributed by atoms with Crippen molar-refractivity contribution in [3.05, 3.63) is 0 Å². The summed E-state index contributed by atoms with van der Waals surface area (Å²) in [7, 11) is -3.31. The second-order valence-corrected chi connectivity index (χ2v) is 6.66. The molecule has 0 amide bonds. The van der Waals surface area contributed by atoms with Gasteiger partial charge in [-0.2, -0.15) is 8.42 Å². The van der Waals surface area contributed by atoms with Gasteiger partial charge in [-0.15, -0.1) is 0 Å². The Morgan fingerprint density at radius 2 is 2.06 bits per heavy atom. The van der Waals surface area contributed by atoms with E-state index in [1.807, 2.05) is 13.8 Å². The summed E-state index contributed by atoms with van der Waals surface area (Å²) in [5, 5.41) is 3.40. The maximum absolute atomic E-state index is 11.5. The van der Waals surface area contributed by atoms with Gasteiger partial charge in [-0.25, -0.2) is 9.44 Å². The smallest absolute Gasteiger partial charge is 0.276 e. The van der Waals surface area contributed by atoms with Gasteiger partial charge in [-0.1, -0.05) is 20.3 Å². The molecule has 1 saturated heterocycles. The Labute approximate surface area is 105 Å². The quantitative estimate of drug-likeness (QED) is 0.630. The van der Waals surface area contributed by atoms with Gasteiger partial charge in [0.05, 0.1) is 0 Å². The molecule has 5 nitrogen and oxygen atoms in total. The molecule has 6 heteroatoms. The van der Waals surface area contributed by atoms with Crippen molar-refractivity contribution < 1.29 is 8.42 Å². The Bertz CT molecular complexity index is 298. The van der Waals surface area contributed by atoms with Crippen LogP contribution in [0.5, 0.6) is 0 Å². The van der Waals surface area contributed by atoms with Crippen molar-refractivity contribution in [3.63, 3.8) is 0 Å². The lowest BCUT2D eigenvalue weighted by Gasteiger charge is -2.23. The zero-order valence-corrected chi connectivity index (χ0v) is 11.6. The van der Waals surface area contributed by atoms with Crippen LogP contribution in [0.3, 0.4) is 0 Å².